The van der Waals surface area contributed by atoms with Gasteiger partial charge in [0.25, 0.3) is 11.8 Å². The van der Waals surface area contributed by atoms with Crippen molar-refractivity contribution >= 4 is 17.6 Å². The fraction of sp³-hybridized carbons (Fsp3) is 0.379. The lowest BCUT2D eigenvalue weighted by Gasteiger charge is -2.42. The maximum atomic E-state index is 15.5. The molecular weight excluding hydrogens is 485 g/mol. The van der Waals surface area contributed by atoms with E-state index < -0.39 is 17.0 Å². The van der Waals surface area contributed by atoms with Crippen LogP contribution in [0.5, 0.6) is 0 Å². The first-order chi connectivity index (χ1) is 18.2. The molecule has 0 unspecified atom stereocenters. The van der Waals surface area contributed by atoms with Crippen molar-refractivity contribution in [1.29, 1.82) is 0 Å². The highest BCUT2D eigenvalue weighted by molar-refractivity contribution is 6.16. The number of hydrogen-bond acceptors (Lipinski definition) is 5. The number of aryl methyl sites for hydroxylation is 1. The summed E-state index contributed by atoms with van der Waals surface area (Å²) in [4.78, 5) is 33.6. The maximum Gasteiger partial charge on any atom is 0.256 e. The molecule has 0 bridgehead atoms. The molecule has 2 aromatic carbocycles. The molecule has 2 aliphatic heterocycles. The van der Waals surface area contributed by atoms with Crippen molar-refractivity contribution in [2.45, 2.75) is 36.8 Å². The SMILES string of the molecule is Cn1cc(-c2ccc(-c3ccc(C4=NC5(CC5)C(=O)N4CC4CN(C(=O)C5(O)CC5)C4)c(F)c3)cc2)cn1. The van der Waals surface area contributed by atoms with Crippen LogP contribution in [0.4, 0.5) is 4.39 Å². The molecule has 1 aromatic heterocycles. The number of benzene rings is 2. The van der Waals surface area contributed by atoms with Crippen LogP contribution in [-0.2, 0) is 16.6 Å². The van der Waals surface area contributed by atoms with Crippen molar-refractivity contribution in [3.05, 3.63) is 66.2 Å². The number of carbonyl (C=O) groups excluding carboxylic acids is 2. The molecule has 1 N–H and O–H groups in total. The first kappa shape index (κ1) is 23.3. The third-order valence-corrected chi connectivity index (χ3v) is 8.22. The topological polar surface area (TPSA) is 91.0 Å². The van der Waals surface area contributed by atoms with Crippen LogP contribution in [0.25, 0.3) is 22.3 Å². The summed E-state index contributed by atoms with van der Waals surface area (Å²) in [6, 6.07) is 13.0. The number of amidine groups is 1. The Morgan fingerprint density at radius 1 is 1.03 bits per heavy atom. The molecule has 9 heteroatoms. The minimum absolute atomic E-state index is 0.0741. The quantitative estimate of drug-likeness (QED) is 0.549. The largest absolute Gasteiger partial charge is 0.380 e. The third kappa shape index (κ3) is 3.75. The smallest absolute Gasteiger partial charge is 0.256 e. The number of likely N-dealkylation sites (tertiary alicyclic amines) is 1. The Hall–Kier alpha value is -3.85. The molecule has 0 radical (unpaired) electrons. The summed E-state index contributed by atoms with van der Waals surface area (Å²) in [6.45, 7) is 1.36. The molecule has 3 fully saturated rings. The lowest BCUT2D eigenvalue weighted by Crippen LogP contribution is -2.57. The molecule has 1 saturated heterocycles. The zero-order valence-corrected chi connectivity index (χ0v) is 21.1. The number of aliphatic hydroxyl groups is 1. The molecule has 0 atom stereocenters. The van der Waals surface area contributed by atoms with Gasteiger partial charge in [-0.15, -0.1) is 0 Å². The van der Waals surface area contributed by atoms with Gasteiger partial charge in [-0.05, 0) is 54.5 Å². The second-order valence-electron chi connectivity index (χ2n) is 11.2. The lowest BCUT2D eigenvalue weighted by atomic mass is 9.97. The van der Waals surface area contributed by atoms with Crippen LogP contribution < -0.4 is 0 Å². The highest BCUT2D eigenvalue weighted by atomic mass is 19.1. The Balaban J connectivity index is 1.10. The van der Waals surface area contributed by atoms with Crippen molar-refractivity contribution < 1.29 is 19.1 Å². The van der Waals surface area contributed by atoms with E-state index in [2.05, 4.69) is 5.10 Å². The number of halogens is 1. The molecule has 38 heavy (non-hydrogen) atoms. The Kier molecular flexibility index (Phi) is 4.95. The van der Waals surface area contributed by atoms with Gasteiger partial charge in [-0.25, -0.2) is 4.39 Å². The second-order valence-corrected chi connectivity index (χ2v) is 11.2. The first-order valence-electron chi connectivity index (χ1n) is 13.1. The van der Waals surface area contributed by atoms with Crippen LogP contribution in [0.3, 0.4) is 0 Å². The van der Waals surface area contributed by atoms with E-state index in [-0.39, 0.29) is 17.7 Å². The Morgan fingerprint density at radius 2 is 1.68 bits per heavy atom. The van der Waals surface area contributed by atoms with Crippen LogP contribution in [0.1, 0.15) is 31.2 Å². The van der Waals surface area contributed by atoms with Gasteiger partial charge in [-0.3, -0.25) is 24.2 Å². The van der Waals surface area contributed by atoms with Gasteiger partial charge in [-0.2, -0.15) is 5.10 Å². The summed E-state index contributed by atoms with van der Waals surface area (Å²) in [5.74, 6) is -0.259. The predicted octanol–water partition coefficient (Wildman–Crippen LogP) is 3.00. The summed E-state index contributed by atoms with van der Waals surface area (Å²) >= 11 is 0. The van der Waals surface area contributed by atoms with Crippen LogP contribution in [0, 0.1) is 11.7 Å². The number of carbonyl (C=O) groups is 2. The van der Waals surface area contributed by atoms with Gasteiger partial charge in [0.15, 0.2) is 0 Å². The number of hydrogen-bond donors (Lipinski definition) is 1. The average molecular weight is 514 g/mol. The average Bonchev–Trinajstić information content (AvgIpc) is 3.77. The monoisotopic (exact) mass is 513 g/mol. The molecule has 4 aliphatic rings. The van der Waals surface area contributed by atoms with Gasteiger partial charge in [0.2, 0.25) is 0 Å². The zero-order valence-electron chi connectivity index (χ0n) is 21.1. The van der Waals surface area contributed by atoms with E-state index in [0.29, 0.717) is 56.7 Å². The number of nitrogens with zero attached hydrogens (tertiary/aromatic N) is 5. The molecule has 7 rings (SSSR count). The lowest BCUT2D eigenvalue weighted by molar-refractivity contribution is -0.149. The van der Waals surface area contributed by atoms with E-state index >= 15 is 4.39 Å². The minimum atomic E-state index is -1.18. The van der Waals surface area contributed by atoms with Crippen LogP contribution in [0.15, 0.2) is 59.9 Å². The van der Waals surface area contributed by atoms with E-state index in [1.54, 1.807) is 26.7 Å². The summed E-state index contributed by atoms with van der Waals surface area (Å²) in [5, 5.41) is 14.3. The van der Waals surface area contributed by atoms with Gasteiger partial charge in [0, 0.05) is 44.4 Å². The van der Waals surface area contributed by atoms with Gasteiger partial charge < -0.3 is 10.0 Å². The summed E-state index contributed by atoms with van der Waals surface area (Å²) in [5.41, 5.74) is 2.07. The van der Waals surface area contributed by atoms with Crippen molar-refractivity contribution in [2.75, 3.05) is 19.6 Å². The molecule has 1 spiro atoms. The molecule has 2 aliphatic carbocycles. The zero-order chi connectivity index (χ0) is 26.2. The molecule has 3 aromatic rings. The number of aliphatic imine (C=N–C) groups is 1. The second kappa shape index (κ2) is 8.07. The standard InChI is InChI=1S/C29H28FN5O3/c1-33-17-22(13-31-33)20-4-2-19(3-5-20)21-6-7-23(24(30)12-21)25-32-28(8-9-28)26(36)35(25)16-18-14-34(15-18)27(37)29(38)10-11-29/h2-7,12-13,17-18,38H,8-11,14-16H2,1H3. The number of rotatable bonds is 6. The highest BCUT2D eigenvalue weighted by Crippen LogP contribution is 2.47. The van der Waals surface area contributed by atoms with E-state index in [1.165, 1.54) is 6.07 Å². The van der Waals surface area contributed by atoms with E-state index in [0.717, 1.165) is 22.3 Å². The van der Waals surface area contributed by atoms with Crippen molar-refractivity contribution in [3.8, 4) is 22.3 Å². The summed E-state index contributed by atoms with van der Waals surface area (Å²) < 4.78 is 17.3. The summed E-state index contributed by atoms with van der Waals surface area (Å²) in [6.07, 6.45) is 6.14. The van der Waals surface area contributed by atoms with Gasteiger partial charge in [0.1, 0.15) is 22.8 Å². The molecule has 2 amide bonds. The third-order valence-electron chi connectivity index (χ3n) is 8.22. The fourth-order valence-electron chi connectivity index (χ4n) is 5.51. The Bertz CT molecular complexity index is 1500. The molecule has 3 heterocycles. The summed E-state index contributed by atoms with van der Waals surface area (Å²) in [7, 11) is 1.87. The van der Waals surface area contributed by atoms with Crippen LogP contribution in [-0.4, -0.2) is 73.1 Å². The maximum absolute atomic E-state index is 15.5. The first-order valence-corrected chi connectivity index (χ1v) is 13.1. The molecular formula is C29H28FN5O3. The van der Waals surface area contributed by atoms with E-state index in [9.17, 15) is 14.7 Å². The normalized spacial score (nSPS) is 21.0. The van der Waals surface area contributed by atoms with Crippen LogP contribution >= 0.6 is 0 Å². The Morgan fingerprint density at radius 3 is 2.26 bits per heavy atom. The molecule has 8 nitrogen and oxygen atoms in total. The van der Waals surface area contributed by atoms with Gasteiger partial charge >= 0.3 is 0 Å². The Labute approximate surface area is 219 Å². The van der Waals surface area contributed by atoms with E-state index in [4.69, 9.17) is 4.99 Å². The molecule has 2 saturated carbocycles. The number of aromatic nitrogens is 2. The predicted molar refractivity (Wildman–Crippen MR) is 139 cm³/mol. The van der Waals surface area contributed by atoms with Crippen molar-refractivity contribution in [1.82, 2.24) is 19.6 Å². The minimum Gasteiger partial charge on any atom is -0.380 e. The van der Waals surface area contributed by atoms with Crippen molar-refractivity contribution in [2.24, 2.45) is 18.0 Å². The number of amides is 2. The van der Waals surface area contributed by atoms with E-state index in [1.807, 2.05) is 43.6 Å². The van der Waals surface area contributed by atoms with Crippen molar-refractivity contribution in [3.63, 3.8) is 0 Å². The molecule has 194 valence electrons. The van der Waals surface area contributed by atoms with Gasteiger partial charge in [-0.1, -0.05) is 30.3 Å². The highest BCUT2D eigenvalue weighted by Gasteiger charge is 2.58. The van der Waals surface area contributed by atoms with Gasteiger partial charge in [0.05, 0.1) is 11.8 Å². The van der Waals surface area contributed by atoms with Crippen LogP contribution in [0.2, 0.25) is 0 Å². The fourth-order valence-corrected chi connectivity index (χ4v) is 5.51.